The molecule has 1 aromatic heterocycles. The number of anilines is 2. The maximum atomic E-state index is 12.0. The van der Waals surface area contributed by atoms with Gasteiger partial charge in [0.1, 0.15) is 12.1 Å². The van der Waals surface area contributed by atoms with Gasteiger partial charge in [-0.3, -0.25) is 25.8 Å². The van der Waals surface area contributed by atoms with Crippen LogP contribution in [-0.4, -0.2) is 33.4 Å². The van der Waals surface area contributed by atoms with Gasteiger partial charge in [0.2, 0.25) is 11.6 Å². The van der Waals surface area contributed by atoms with Gasteiger partial charge in [-0.05, 0) is 25.0 Å². The van der Waals surface area contributed by atoms with E-state index in [2.05, 4.69) is 26.1 Å². The van der Waals surface area contributed by atoms with Crippen LogP contribution < -0.4 is 20.9 Å². The molecule has 10 heteroatoms. The van der Waals surface area contributed by atoms with Crippen molar-refractivity contribution in [1.82, 2.24) is 15.4 Å². The normalized spacial score (nSPS) is 14.5. The molecular formula is C19H24N6O4. The molecule has 1 amide bonds. The fourth-order valence-electron chi connectivity index (χ4n) is 3.20. The molecule has 1 aromatic carbocycles. The third-order valence-corrected chi connectivity index (χ3v) is 4.63. The fourth-order valence-corrected chi connectivity index (χ4v) is 3.20. The van der Waals surface area contributed by atoms with Gasteiger partial charge >= 0.3 is 5.69 Å². The van der Waals surface area contributed by atoms with E-state index in [4.69, 9.17) is 4.74 Å². The highest BCUT2D eigenvalue weighted by Crippen LogP contribution is 2.30. The number of hydrazine groups is 1. The number of hydrogen-bond acceptors (Lipinski definition) is 8. The van der Waals surface area contributed by atoms with Crippen molar-refractivity contribution in [1.29, 1.82) is 0 Å². The second-order valence-corrected chi connectivity index (χ2v) is 6.78. The van der Waals surface area contributed by atoms with Crippen molar-refractivity contribution in [2.45, 2.75) is 44.6 Å². The summed E-state index contributed by atoms with van der Waals surface area (Å²) in [6.07, 6.45) is 7.62. The molecule has 1 fully saturated rings. The first kappa shape index (κ1) is 20.3. The maximum Gasteiger partial charge on any atom is 0.354 e. The number of rotatable bonds is 8. The lowest BCUT2D eigenvalue weighted by Gasteiger charge is -2.17. The van der Waals surface area contributed by atoms with Crippen molar-refractivity contribution in [3.8, 4) is 5.75 Å². The van der Waals surface area contributed by atoms with E-state index < -0.39 is 10.8 Å². The molecular weight excluding hydrogens is 376 g/mol. The third kappa shape index (κ3) is 6.03. The number of carbonyl (C=O) groups excluding carboxylic acids is 1. The monoisotopic (exact) mass is 400 g/mol. The average molecular weight is 400 g/mol. The van der Waals surface area contributed by atoms with Crippen LogP contribution in [0.3, 0.4) is 0 Å². The molecule has 1 aliphatic rings. The van der Waals surface area contributed by atoms with E-state index in [1.165, 1.54) is 19.2 Å². The second kappa shape index (κ2) is 10.2. The number of nitro groups is 1. The number of hydrogen-bond donors (Lipinski definition) is 3. The molecule has 29 heavy (non-hydrogen) atoms. The lowest BCUT2D eigenvalue weighted by molar-refractivity contribution is -0.383. The summed E-state index contributed by atoms with van der Waals surface area (Å²) in [5.41, 5.74) is 4.57. The van der Waals surface area contributed by atoms with Gasteiger partial charge in [0.25, 0.3) is 5.91 Å². The van der Waals surface area contributed by atoms with Crippen molar-refractivity contribution >= 4 is 23.2 Å². The smallest absolute Gasteiger partial charge is 0.354 e. The Morgan fingerprint density at radius 1 is 1.10 bits per heavy atom. The van der Waals surface area contributed by atoms with Crippen LogP contribution in [0, 0.1) is 10.1 Å². The lowest BCUT2D eigenvalue weighted by Crippen LogP contribution is -2.34. The third-order valence-electron chi connectivity index (χ3n) is 4.63. The number of ether oxygens (including phenoxy) is 1. The molecule has 10 nitrogen and oxygen atoms in total. The summed E-state index contributed by atoms with van der Waals surface area (Å²) in [6.45, 7) is -0.247. The van der Waals surface area contributed by atoms with Gasteiger partial charge < -0.3 is 10.1 Å². The summed E-state index contributed by atoms with van der Waals surface area (Å²) in [5, 5.41) is 14.8. The van der Waals surface area contributed by atoms with Gasteiger partial charge in [0.15, 0.2) is 6.61 Å². The van der Waals surface area contributed by atoms with Gasteiger partial charge in [0.05, 0.1) is 4.92 Å². The zero-order valence-electron chi connectivity index (χ0n) is 16.0. The molecule has 1 aliphatic carbocycles. The van der Waals surface area contributed by atoms with Crippen molar-refractivity contribution in [3.05, 3.63) is 46.8 Å². The summed E-state index contributed by atoms with van der Waals surface area (Å²) < 4.78 is 5.34. The Hall–Kier alpha value is -3.43. The largest absolute Gasteiger partial charge is 0.484 e. The standard InChI is InChI=1S/C19H24N6O4/c26-16(12-29-15-10-6-3-7-11-15)23-24-19-17(25(27)28)18(20-13-21-19)22-14-8-4-1-2-5-9-14/h3,6-7,10-11,13-14H,1-2,4-5,8-9,12H2,(H,23,26)(H2,20,21,22,24). The first-order valence-corrected chi connectivity index (χ1v) is 9.62. The van der Waals surface area contributed by atoms with Gasteiger partial charge in [-0.15, -0.1) is 0 Å². The number of nitrogens with zero attached hydrogens (tertiary/aromatic N) is 3. The minimum atomic E-state index is -0.562. The van der Waals surface area contributed by atoms with Crippen LogP contribution in [0.5, 0.6) is 5.75 Å². The van der Waals surface area contributed by atoms with Gasteiger partial charge in [0, 0.05) is 6.04 Å². The van der Waals surface area contributed by atoms with Crippen molar-refractivity contribution in [3.63, 3.8) is 0 Å². The first-order valence-electron chi connectivity index (χ1n) is 9.62. The number of benzene rings is 1. The second-order valence-electron chi connectivity index (χ2n) is 6.78. The van der Waals surface area contributed by atoms with E-state index in [-0.39, 0.29) is 30.0 Å². The SMILES string of the molecule is O=C(COc1ccccc1)NNc1ncnc(NC2CCCCCC2)c1[N+](=O)[O-]. The van der Waals surface area contributed by atoms with E-state index in [0.29, 0.717) is 5.75 Å². The molecule has 0 atom stereocenters. The minimum absolute atomic E-state index is 0.0887. The first-order chi connectivity index (χ1) is 14.1. The Kier molecular flexibility index (Phi) is 7.15. The number of aromatic nitrogens is 2. The summed E-state index contributed by atoms with van der Waals surface area (Å²) in [6, 6.07) is 9.00. The van der Waals surface area contributed by atoms with Crippen LogP contribution in [0.4, 0.5) is 17.3 Å². The quantitative estimate of drug-likeness (QED) is 0.350. The number of amides is 1. The molecule has 3 rings (SSSR count). The van der Waals surface area contributed by atoms with Crippen LogP contribution in [0.25, 0.3) is 0 Å². The zero-order chi connectivity index (χ0) is 20.5. The molecule has 0 bridgehead atoms. The summed E-state index contributed by atoms with van der Waals surface area (Å²) in [7, 11) is 0. The van der Waals surface area contributed by atoms with Crippen LogP contribution >= 0.6 is 0 Å². The highest BCUT2D eigenvalue weighted by atomic mass is 16.6. The minimum Gasteiger partial charge on any atom is -0.484 e. The van der Waals surface area contributed by atoms with Crippen molar-refractivity contribution in [2.75, 3.05) is 17.3 Å². The Bertz CT molecular complexity index is 825. The average Bonchev–Trinajstić information content (AvgIpc) is 3.00. The van der Waals surface area contributed by atoms with E-state index >= 15 is 0 Å². The van der Waals surface area contributed by atoms with Gasteiger partial charge in [-0.1, -0.05) is 43.9 Å². The fraction of sp³-hybridized carbons (Fsp3) is 0.421. The molecule has 0 unspecified atom stereocenters. The molecule has 0 spiro atoms. The molecule has 0 radical (unpaired) electrons. The number of carbonyl (C=O) groups is 1. The Labute approximate surface area is 168 Å². The Morgan fingerprint density at radius 3 is 2.48 bits per heavy atom. The van der Waals surface area contributed by atoms with E-state index in [1.807, 2.05) is 6.07 Å². The summed E-state index contributed by atoms with van der Waals surface area (Å²) >= 11 is 0. The number of nitrogens with one attached hydrogen (secondary N) is 3. The topological polar surface area (TPSA) is 131 Å². The Balaban J connectivity index is 1.62. The molecule has 154 valence electrons. The van der Waals surface area contributed by atoms with E-state index in [1.54, 1.807) is 24.3 Å². The molecule has 3 N–H and O–H groups in total. The summed E-state index contributed by atoms with van der Waals surface area (Å²) in [4.78, 5) is 31.0. The van der Waals surface area contributed by atoms with Gasteiger partial charge in [-0.25, -0.2) is 9.97 Å². The zero-order valence-corrected chi connectivity index (χ0v) is 16.0. The van der Waals surface area contributed by atoms with Gasteiger partial charge in [-0.2, -0.15) is 0 Å². The molecule has 1 heterocycles. The van der Waals surface area contributed by atoms with Crippen molar-refractivity contribution < 1.29 is 14.5 Å². The maximum absolute atomic E-state index is 12.0. The predicted molar refractivity (Wildman–Crippen MR) is 108 cm³/mol. The lowest BCUT2D eigenvalue weighted by atomic mass is 10.1. The van der Waals surface area contributed by atoms with Crippen LogP contribution in [0.15, 0.2) is 36.7 Å². The van der Waals surface area contributed by atoms with E-state index in [0.717, 1.165) is 25.7 Å². The molecule has 0 aliphatic heterocycles. The van der Waals surface area contributed by atoms with Crippen LogP contribution in [0.2, 0.25) is 0 Å². The molecule has 2 aromatic rings. The number of para-hydroxylation sites is 1. The van der Waals surface area contributed by atoms with Crippen molar-refractivity contribution in [2.24, 2.45) is 0 Å². The van der Waals surface area contributed by atoms with E-state index in [9.17, 15) is 14.9 Å². The highest BCUT2D eigenvalue weighted by Gasteiger charge is 2.25. The summed E-state index contributed by atoms with van der Waals surface area (Å²) in [5.74, 6) is 0.106. The Morgan fingerprint density at radius 2 is 1.79 bits per heavy atom. The van der Waals surface area contributed by atoms with Crippen LogP contribution in [-0.2, 0) is 4.79 Å². The highest BCUT2D eigenvalue weighted by molar-refractivity contribution is 5.80. The molecule has 1 saturated carbocycles. The van der Waals surface area contributed by atoms with Crippen LogP contribution in [0.1, 0.15) is 38.5 Å². The predicted octanol–water partition coefficient (Wildman–Crippen LogP) is 3.04. The molecule has 0 saturated heterocycles.